The maximum atomic E-state index is 12.6. The molecule has 0 aromatic carbocycles. The number of hydrogen-bond acceptors (Lipinski definition) is 6. The number of cyclic esters (lactones) is 1. The Morgan fingerprint density at radius 3 is 1.94 bits per heavy atom. The maximum absolute atomic E-state index is 12.6. The molecule has 7 heteroatoms. The van der Waals surface area contributed by atoms with E-state index in [-0.39, 0.29) is 18.9 Å². The van der Waals surface area contributed by atoms with Crippen LogP contribution >= 0.6 is 0 Å². The molecule has 0 aromatic heterocycles. The second-order valence-corrected chi connectivity index (χ2v) is 11.1. The molecular formula is C29H51NO6. The molecule has 2 aliphatic rings. The van der Waals surface area contributed by atoms with Crippen LogP contribution in [0.1, 0.15) is 129 Å². The summed E-state index contributed by atoms with van der Waals surface area (Å²) in [7, 11) is 1.29. The number of ether oxygens (including phenoxy) is 2. The van der Waals surface area contributed by atoms with E-state index in [0.29, 0.717) is 12.8 Å². The lowest BCUT2D eigenvalue weighted by Crippen LogP contribution is -2.47. The highest BCUT2D eigenvalue weighted by Gasteiger charge is 2.53. The van der Waals surface area contributed by atoms with Gasteiger partial charge in [0.1, 0.15) is 23.7 Å². The van der Waals surface area contributed by atoms with Gasteiger partial charge >= 0.3 is 11.9 Å². The summed E-state index contributed by atoms with van der Waals surface area (Å²) in [6, 6.07) is -0.690. The summed E-state index contributed by atoms with van der Waals surface area (Å²) in [4.78, 5) is 38.2. The molecule has 2 unspecified atom stereocenters. The van der Waals surface area contributed by atoms with Crippen molar-refractivity contribution in [2.45, 2.75) is 147 Å². The summed E-state index contributed by atoms with van der Waals surface area (Å²) in [5, 5.41) is 10.9. The number of hydrogen-bond donors (Lipinski definition) is 1. The summed E-state index contributed by atoms with van der Waals surface area (Å²) in [5.74, 6) is -2.00. The van der Waals surface area contributed by atoms with Gasteiger partial charge in [0, 0.05) is 13.0 Å². The Morgan fingerprint density at radius 1 is 0.944 bits per heavy atom. The van der Waals surface area contributed by atoms with Crippen molar-refractivity contribution in [3.63, 3.8) is 0 Å². The van der Waals surface area contributed by atoms with Crippen LogP contribution in [-0.2, 0) is 23.9 Å². The normalized spacial score (nSPS) is 26.0. The molecule has 36 heavy (non-hydrogen) atoms. The molecule has 0 aliphatic carbocycles. The highest BCUT2D eigenvalue weighted by atomic mass is 16.6. The fourth-order valence-electron chi connectivity index (χ4n) is 5.70. The highest BCUT2D eigenvalue weighted by molar-refractivity contribution is 5.88. The molecule has 0 saturated carbocycles. The summed E-state index contributed by atoms with van der Waals surface area (Å²) >= 11 is 0. The van der Waals surface area contributed by atoms with Gasteiger partial charge in [-0.2, -0.15) is 0 Å². The largest absolute Gasteiger partial charge is 0.467 e. The molecule has 0 aromatic rings. The first-order chi connectivity index (χ1) is 17.3. The van der Waals surface area contributed by atoms with Crippen LogP contribution in [0.3, 0.4) is 0 Å². The molecule has 0 bridgehead atoms. The van der Waals surface area contributed by atoms with Crippen LogP contribution < -0.4 is 0 Å². The van der Waals surface area contributed by atoms with Gasteiger partial charge in [-0.25, -0.2) is 4.79 Å². The minimum absolute atomic E-state index is 0.00690. The van der Waals surface area contributed by atoms with E-state index in [9.17, 15) is 19.5 Å². The van der Waals surface area contributed by atoms with Crippen molar-refractivity contribution in [3.8, 4) is 0 Å². The Balaban J connectivity index is 1.58. The third-order valence-corrected chi connectivity index (χ3v) is 8.11. The van der Waals surface area contributed by atoms with Crippen LogP contribution in [0.5, 0.6) is 0 Å². The van der Waals surface area contributed by atoms with Crippen molar-refractivity contribution >= 4 is 17.8 Å². The molecular weight excluding hydrogens is 458 g/mol. The van der Waals surface area contributed by atoms with Crippen LogP contribution in [0, 0.1) is 5.92 Å². The van der Waals surface area contributed by atoms with Crippen LogP contribution in [0.25, 0.3) is 0 Å². The van der Waals surface area contributed by atoms with Crippen LogP contribution in [0.2, 0.25) is 0 Å². The standard InChI is InChI=1S/C29H51NO6/c1-4-5-6-7-8-9-10-11-12-13-14-15-16-17-18-21-29(2)26(32)23(27(33)36-29)22-30-24(28(34)35-3)19-20-25(30)31/h23-24,26,32H,4-22H2,1-3H3/t23-,24?,26?,29+/m0/s1. The predicted octanol–water partition coefficient (Wildman–Crippen LogP) is 5.70. The van der Waals surface area contributed by atoms with Gasteiger partial charge in [-0.05, 0) is 26.2 Å². The molecule has 2 fully saturated rings. The first-order valence-corrected chi connectivity index (χ1v) is 14.6. The van der Waals surface area contributed by atoms with E-state index >= 15 is 0 Å². The van der Waals surface area contributed by atoms with E-state index in [1.807, 2.05) is 0 Å². The lowest BCUT2D eigenvalue weighted by atomic mass is 9.87. The second kappa shape index (κ2) is 16.3. The Hall–Kier alpha value is -1.63. The van der Waals surface area contributed by atoms with Crippen molar-refractivity contribution in [3.05, 3.63) is 0 Å². The van der Waals surface area contributed by atoms with Gasteiger partial charge in [0.2, 0.25) is 5.91 Å². The number of methoxy groups -OCH3 is 1. The van der Waals surface area contributed by atoms with Gasteiger partial charge in [0.25, 0.3) is 0 Å². The molecule has 0 radical (unpaired) electrons. The van der Waals surface area contributed by atoms with E-state index in [1.165, 1.54) is 89.1 Å². The summed E-state index contributed by atoms with van der Waals surface area (Å²) in [5.41, 5.74) is -0.943. The molecule has 1 amide bonds. The predicted molar refractivity (Wildman–Crippen MR) is 140 cm³/mol. The Kier molecular flexibility index (Phi) is 13.8. The van der Waals surface area contributed by atoms with Crippen LogP contribution in [0.4, 0.5) is 0 Å². The first kappa shape index (κ1) is 30.6. The third-order valence-electron chi connectivity index (χ3n) is 8.11. The van der Waals surface area contributed by atoms with Crippen molar-refractivity contribution < 1.29 is 29.0 Å². The number of aliphatic hydroxyl groups excluding tert-OH is 1. The van der Waals surface area contributed by atoms with Crippen molar-refractivity contribution in [2.24, 2.45) is 5.92 Å². The molecule has 2 aliphatic heterocycles. The number of carbonyl (C=O) groups excluding carboxylic acids is 3. The average molecular weight is 510 g/mol. The number of esters is 2. The molecule has 0 spiro atoms. The van der Waals surface area contributed by atoms with Crippen LogP contribution in [-0.4, -0.2) is 59.3 Å². The fourth-order valence-corrected chi connectivity index (χ4v) is 5.70. The topological polar surface area (TPSA) is 93.1 Å². The zero-order valence-corrected chi connectivity index (χ0v) is 23.1. The first-order valence-electron chi connectivity index (χ1n) is 14.6. The molecule has 2 heterocycles. The van der Waals surface area contributed by atoms with Gasteiger partial charge in [0.05, 0.1) is 7.11 Å². The molecule has 208 valence electrons. The van der Waals surface area contributed by atoms with E-state index in [2.05, 4.69) is 6.92 Å². The number of amides is 1. The minimum atomic E-state index is -0.997. The smallest absolute Gasteiger partial charge is 0.328 e. The van der Waals surface area contributed by atoms with Crippen molar-refractivity contribution in [1.29, 1.82) is 0 Å². The summed E-state index contributed by atoms with van der Waals surface area (Å²) in [6.45, 7) is 4.04. The molecule has 7 nitrogen and oxygen atoms in total. The second-order valence-electron chi connectivity index (χ2n) is 11.1. The SMILES string of the molecule is CCCCCCCCCCCCCCCCC[C@@]1(C)OC(=O)[C@@H](CN2C(=O)CCC2C(=O)OC)C1O. The quantitative estimate of drug-likeness (QED) is 0.177. The minimum Gasteiger partial charge on any atom is -0.467 e. The van der Waals surface area contributed by atoms with Crippen molar-refractivity contribution in [2.75, 3.05) is 13.7 Å². The number of likely N-dealkylation sites (tertiary alicyclic amines) is 1. The average Bonchev–Trinajstić information content (AvgIpc) is 3.33. The van der Waals surface area contributed by atoms with E-state index in [4.69, 9.17) is 9.47 Å². The summed E-state index contributed by atoms with van der Waals surface area (Å²) in [6.07, 6.45) is 19.5. The van der Waals surface area contributed by atoms with Gasteiger partial charge in [0.15, 0.2) is 0 Å². The molecule has 2 rings (SSSR count). The van der Waals surface area contributed by atoms with E-state index in [0.717, 1.165) is 19.3 Å². The number of aliphatic hydroxyl groups is 1. The third kappa shape index (κ3) is 9.35. The molecule has 1 N–H and O–H groups in total. The van der Waals surface area contributed by atoms with Gasteiger partial charge < -0.3 is 19.5 Å². The van der Waals surface area contributed by atoms with Gasteiger partial charge in [-0.3, -0.25) is 9.59 Å². The fraction of sp³-hybridized carbons (Fsp3) is 0.897. The number of carbonyl (C=O) groups is 3. The maximum Gasteiger partial charge on any atom is 0.328 e. The van der Waals surface area contributed by atoms with Crippen LogP contribution in [0.15, 0.2) is 0 Å². The monoisotopic (exact) mass is 509 g/mol. The van der Waals surface area contributed by atoms with Crippen molar-refractivity contribution in [1.82, 2.24) is 4.90 Å². The summed E-state index contributed by atoms with van der Waals surface area (Å²) < 4.78 is 10.4. The van der Waals surface area contributed by atoms with Gasteiger partial charge in [-0.15, -0.1) is 0 Å². The number of rotatable bonds is 19. The highest BCUT2D eigenvalue weighted by Crippen LogP contribution is 2.37. The molecule has 2 saturated heterocycles. The van der Waals surface area contributed by atoms with Gasteiger partial charge in [-0.1, -0.05) is 96.8 Å². The Morgan fingerprint density at radius 2 is 1.44 bits per heavy atom. The van der Waals surface area contributed by atoms with E-state index < -0.39 is 35.6 Å². The zero-order valence-electron chi connectivity index (χ0n) is 23.1. The number of nitrogens with zero attached hydrogens (tertiary/aromatic N) is 1. The molecule has 4 atom stereocenters. The van der Waals surface area contributed by atoms with E-state index in [1.54, 1.807) is 6.92 Å². The number of unbranched alkanes of at least 4 members (excludes halogenated alkanes) is 14. The Bertz CT molecular complexity index is 683. The lowest BCUT2D eigenvalue weighted by molar-refractivity contribution is -0.153. The lowest BCUT2D eigenvalue weighted by Gasteiger charge is -2.29. The zero-order chi connectivity index (χ0) is 26.4. The Labute approximate surface area is 218 Å².